The van der Waals surface area contributed by atoms with Gasteiger partial charge in [0.1, 0.15) is 18.0 Å². The average molecular weight is 400 g/mol. The van der Waals surface area contributed by atoms with Crippen LogP contribution in [0.2, 0.25) is 0 Å². The second-order valence-electron chi connectivity index (χ2n) is 4.37. The second kappa shape index (κ2) is 7.04. The van der Waals surface area contributed by atoms with Gasteiger partial charge < -0.3 is 10.6 Å². The number of halogens is 2. The van der Waals surface area contributed by atoms with E-state index >= 15 is 0 Å². The molecule has 0 bridgehead atoms. The molecule has 6 heteroatoms. The molecule has 0 atom stereocenters. The van der Waals surface area contributed by atoms with Gasteiger partial charge in [-0.1, -0.05) is 22.9 Å². The van der Waals surface area contributed by atoms with Crippen molar-refractivity contribution in [2.75, 3.05) is 17.2 Å². The molecule has 1 aromatic heterocycles. The van der Waals surface area contributed by atoms with Crippen LogP contribution in [0.1, 0.15) is 18.9 Å². The number of benzene rings is 1. The molecule has 0 aliphatic carbocycles. The van der Waals surface area contributed by atoms with E-state index in [0.29, 0.717) is 0 Å². The second-order valence-corrected chi connectivity index (χ2v) is 6.14. The molecule has 106 valence electrons. The van der Waals surface area contributed by atoms with Crippen LogP contribution in [0.5, 0.6) is 0 Å². The quantitative estimate of drug-likeness (QED) is 0.752. The molecule has 0 spiro atoms. The maximum atomic E-state index is 4.31. The molecule has 0 saturated carbocycles. The fourth-order valence-electron chi connectivity index (χ4n) is 1.72. The molecule has 0 fully saturated rings. The Balaban J connectivity index is 2.27. The van der Waals surface area contributed by atoms with Crippen LogP contribution >= 0.6 is 31.9 Å². The van der Waals surface area contributed by atoms with Gasteiger partial charge in [-0.3, -0.25) is 0 Å². The van der Waals surface area contributed by atoms with Crippen molar-refractivity contribution in [1.29, 1.82) is 0 Å². The Kier molecular flexibility index (Phi) is 5.37. The van der Waals surface area contributed by atoms with Crippen LogP contribution in [0.3, 0.4) is 0 Å². The van der Waals surface area contributed by atoms with Gasteiger partial charge in [-0.15, -0.1) is 0 Å². The summed E-state index contributed by atoms with van der Waals surface area (Å²) in [5, 5.41) is 6.63. The van der Waals surface area contributed by atoms with E-state index in [1.165, 1.54) is 0 Å². The Labute approximate surface area is 135 Å². The standard InChI is InChI=1S/C14H16Br2N4/c1-3-6-17-13-9(2)14(19-8-18-13)20-12-7-10(15)4-5-11(12)16/h4-5,7-8H,3,6H2,1-2H3,(H2,17,18,19,20). The van der Waals surface area contributed by atoms with Gasteiger partial charge >= 0.3 is 0 Å². The highest BCUT2D eigenvalue weighted by Gasteiger charge is 2.08. The molecular formula is C14H16Br2N4. The van der Waals surface area contributed by atoms with Crippen molar-refractivity contribution in [3.05, 3.63) is 39.0 Å². The molecule has 0 aliphatic rings. The molecule has 2 N–H and O–H groups in total. The lowest BCUT2D eigenvalue weighted by Gasteiger charge is -2.13. The van der Waals surface area contributed by atoms with Gasteiger partial charge in [0.15, 0.2) is 0 Å². The number of aromatic nitrogens is 2. The zero-order chi connectivity index (χ0) is 14.5. The smallest absolute Gasteiger partial charge is 0.138 e. The first-order chi connectivity index (χ1) is 9.61. The van der Waals surface area contributed by atoms with Crippen molar-refractivity contribution in [1.82, 2.24) is 9.97 Å². The lowest BCUT2D eigenvalue weighted by atomic mass is 10.2. The van der Waals surface area contributed by atoms with Crippen molar-refractivity contribution >= 4 is 49.2 Å². The maximum absolute atomic E-state index is 4.31. The molecule has 0 aliphatic heterocycles. The van der Waals surface area contributed by atoms with Crippen molar-refractivity contribution < 1.29 is 0 Å². The van der Waals surface area contributed by atoms with Crippen LogP contribution in [0.4, 0.5) is 17.3 Å². The summed E-state index contributed by atoms with van der Waals surface area (Å²) in [5.41, 5.74) is 1.97. The van der Waals surface area contributed by atoms with Crippen LogP contribution in [0, 0.1) is 6.92 Å². The fourth-order valence-corrected chi connectivity index (χ4v) is 2.43. The summed E-state index contributed by atoms with van der Waals surface area (Å²) in [4.78, 5) is 8.59. The molecule has 2 rings (SSSR count). The summed E-state index contributed by atoms with van der Waals surface area (Å²) in [6.45, 7) is 5.03. The highest BCUT2D eigenvalue weighted by Crippen LogP contribution is 2.30. The molecule has 1 aromatic carbocycles. The van der Waals surface area contributed by atoms with Gasteiger partial charge in [0.2, 0.25) is 0 Å². The maximum Gasteiger partial charge on any atom is 0.138 e. The van der Waals surface area contributed by atoms with E-state index in [9.17, 15) is 0 Å². The van der Waals surface area contributed by atoms with E-state index in [0.717, 1.165) is 44.8 Å². The molecule has 0 radical (unpaired) electrons. The third-order valence-electron chi connectivity index (χ3n) is 2.81. The van der Waals surface area contributed by atoms with Crippen molar-refractivity contribution in [2.24, 2.45) is 0 Å². The van der Waals surface area contributed by atoms with Gasteiger partial charge in [-0.2, -0.15) is 0 Å². The minimum absolute atomic E-state index is 0.803. The van der Waals surface area contributed by atoms with E-state index in [2.05, 4.69) is 59.4 Å². The predicted octanol–water partition coefficient (Wildman–Crippen LogP) is 4.88. The molecule has 0 amide bonds. The Morgan fingerprint density at radius 3 is 2.65 bits per heavy atom. The van der Waals surface area contributed by atoms with E-state index in [4.69, 9.17) is 0 Å². The Morgan fingerprint density at radius 2 is 1.90 bits per heavy atom. The first-order valence-electron chi connectivity index (χ1n) is 6.39. The SMILES string of the molecule is CCCNc1ncnc(Nc2cc(Br)ccc2Br)c1C. The number of hydrogen-bond acceptors (Lipinski definition) is 4. The van der Waals surface area contributed by atoms with Gasteiger partial charge in [0, 0.05) is 21.1 Å². The summed E-state index contributed by atoms with van der Waals surface area (Å²) in [7, 11) is 0. The largest absolute Gasteiger partial charge is 0.370 e. The Bertz CT molecular complexity index is 602. The third-order valence-corrected chi connectivity index (χ3v) is 3.99. The summed E-state index contributed by atoms with van der Waals surface area (Å²) in [6.07, 6.45) is 2.63. The topological polar surface area (TPSA) is 49.8 Å². The van der Waals surface area contributed by atoms with Crippen LogP contribution < -0.4 is 10.6 Å². The van der Waals surface area contributed by atoms with Gasteiger partial charge in [-0.05, 0) is 47.5 Å². The summed E-state index contributed by atoms with van der Waals surface area (Å²) in [6, 6.07) is 5.97. The van der Waals surface area contributed by atoms with Gasteiger partial charge in [0.05, 0.1) is 5.69 Å². The Morgan fingerprint density at radius 1 is 1.15 bits per heavy atom. The van der Waals surface area contributed by atoms with E-state index < -0.39 is 0 Å². The minimum Gasteiger partial charge on any atom is -0.370 e. The van der Waals surface area contributed by atoms with E-state index in [1.807, 2.05) is 25.1 Å². The van der Waals surface area contributed by atoms with Gasteiger partial charge in [0.25, 0.3) is 0 Å². The van der Waals surface area contributed by atoms with E-state index in [1.54, 1.807) is 6.33 Å². The molecule has 4 nitrogen and oxygen atoms in total. The summed E-state index contributed by atoms with van der Waals surface area (Å²) >= 11 is 7.00. The van der Waals surface area contributed by atoms with Crippen LogP contribution in [0.25, 0.3) is 0 Å². The van der Waals surface area contributed by atoms with Crippen LogP contribution in [-0.2, 0) is 0 Å². The lowest BCUT2D eigenvalue weighted by Crippen LogP contribution is -2.07. The molecule has 20 heavy (non-hydrogen) atoms. The summed E-state index contributed by atoms with van der Waals surface area (Å²) < 4.78 is 2.00. The zero-order valence-electron chi connectivity index (χ0n) is 11.4. The number of rotatable bonds is 5. The van der Waals surface area contributed by atoms with Gasteiger partial charge in [-0.25, -0.2) is 9.97 Å². The minimum atomic E-state index is 0.803. The van der Waals surface area contributed by atoms with Crippen molar-refractivity contribution in [3.8, 4) is 0 Å². The third kappa shape index (κ3) is 3.70. The van der Waals surface area contributed by atoms with Crippen LogP contribution in [-0.4, -0.2) is 16.5 Å². The first-order valence-corrected chi connectivity index (χ1v) is 7.98. The predicted molar refractivity (Wildman–Crippen MR) is 90.7 cm³/mol. The zero-order valence-corrected chi connectivity index (χ0v) is 14.5. The van der Waals surface area contributed by atoms with Crippen LogP contribution in [0.15, 0.2) is 33.5 Å². The monoisotopic (exact) mass is 398 g/mol. The van der Waals surface area contributed by atoms with Crippen molar-refractivity contribution in [2.45, 2.75) is 20.3 Å². The average Bonchev–Trinajstić information content (AvgIpc) is 2.44. The highest BCUT2D eigenvalue weighted by molar-refractivity contribution is 9.11. The normalized spacial score (nSPS) is 10.4. The lowest BCUT2D eigenvalue weighted by molar-refractivity contribution is 0.960. The molecule has 0 unspecified atom stereocenters. The fraction of sp³-hybridized carbons (Fsp3) is 0.286. The highest BCUT2D eigenvalue weighted by atomic mass is 79.9. The number of nitrogens with zero attached hydrogens (tertiary/aromatic N) is 2. The summed E-state index contributed by atoms with van der Waals surface area (Å²) in [5.74, 6) is 1.67. The number of nitrogens with one attached hydrogen (secondary N) is 2. The first kappa shape index (κ1) is 15.3. The van der Waals surface area contributed by atoms with E-state index in [-0.39, 0.29) is 0 Å². The molecular weight excluding hydrogens is 384 g/mol. The Hall–Kier alpha value is -1.14. The molecule has 0 saturated heterocycles. The number of anilines is 3. The molecule has 2 aromatic rings. The van der Waals surface area contributed by atoms with Crippen molar-refractivity contribution in [3.63, 3.8) is 0 Å². The number of hydrogen-bond donors (Lipinski definition) is 2. The molecule has 1 heterocycles.